The van der Waals surface area contributed by atoms with E-state index in [-0.39, 0.29) is 11.0 Å². The van der Waals surface area contributed by atoms with E-state index >= 15 is 0 Å². The Kier molecular flexibility index (Phi) is 3.78. The van der Waals surface area contributed by atoms with Crippen LogP contribution in [0.1, 0.15) is 31.0 Å². The Hall–Kier alpha value is -0.950. The smallest absolute Gasteiger partial charge is 0.226 e. The van der Waals surface area contributed by atoms with E-state index in [1.807, 2.05) is 0 Å². The fourth-order valence-electron chi connectivity index (χ4n) is 2.02. The predicted octanol–water partition coefficient (Wildman–Crippen LogP) is 0.0806. The van der Waals surface area contributed by atoms with E-state index < -0.39 is 9.84 Å². The van der Waals surface area contributed by atoms with Crippen molar-refractivity contribution in [2.45, 2.75) is 37.4 Å². The normalized spacial score (nSPS) is 23.0. The van der Waals surface area contributed by atoms with Crippen molar-refractivity contribution < 1.29 is 12.9 Å². The molecule has 7 heteroatoms. The zero-order chi connectivity index (χ0) is 12.3. The van der Waals surface area contributed by atoms with E-state index in [0.717, 1.165) is 12.8 Å². The molecule has 96 valence electrons. The van der Waals surface area contributed by atoms with Gasteiger partial charge >= 0.3 is 0 Å². The van der Waals surface area contributed by atoms with Crippen molar-refractivity contribution in [1.82, 2.24) is 10.1 Å². The van der Waals surface area contributed by atoms with Crippen molar-refractivity contribution in [3.05, 3.63) is 11.7 Å². The molecule has 1 aromatic heterocycles. The minimum atomic E-state index is -2.93. The first-order valence-electron chi connectivity index (χ1n) is 5.85. The molecule has 0 radical (unpaired) electrons. The third kappa shape index (κ3) is 3.04. The third-order valence-electron chi connectivity index (χ3n) is 2.98. The van der Waals surface area contributed by atoms with Gasteiger partial charge in [-0.2, -0.15) is 4.98 Å². The molecule has 6 nitrogen and oxygen atoms in total. The van der Waals surface area contributed by atoms with Gasteiger partial charge in [-0.3, -0.25) is 0 Å². The molecule has 1 fully saturated rings. The van der Waals surface area contributed by atoms with Crippen molar-refractivity contribution >= 4 is 9.84 Å². The molecule has 2 heterocycles. The van der Waals surface area contributed by atoms with Gasteiger partial charge in [-0.15, -0.1) is 0 Å². The Morgan fingerprint density at radius 1 is 1.47 bits per heavy atom. The zero-order valence-electron chi connectivity index (χ0n) is 9.63. The van der Waals surface area contributed by atoms with Gasteiger partial charge in [0.2, 0.25) is 5.89 Å². The summed E-state index contributed by atoms with van der Waals surface area (Å²) in [6.45, 7) is 0.578. The Bertz CT molecular complexity index is 469. The van der Waals surface area contributed by atoms with Crippen LogP contribution in [-0.4, -0.2) is 36.1 Å². The van der Waals surface area contributed by atoms with E-state index in [9.17, 15) is 8.42 Å². The fourth-order valence-corrected chi connectivity index (χ4v) is 3.85. The number of rotatable bonds is 5. The third-order valence-corrected chi connectivity index (χ3v) is 5.25. The van der Waals surface area contributed by atoms with Gasteiger partial charge in [0.15, 0.2) is 15.7 Å². The monoisotopic (exact) mass is 259 g/mol. The number of sulfone groups is 1. The molecule has 0 aromatic carbocycles. The highest BCUT2D eigenvalue weighted by Crippen LogP contribution is 2.22. The second kappa shape index (κ2) is 5.14. The highest BCUT2D eigenvalue weighted by atomic mass is 32.2. The summed E-state index contributed by atoms with van der Waals surface area (Å²) in [5, 5.41) is 3.48. The summed E-state index contributed by atoms with van der Waals surface area (Å²) >= 11 is 0. The lowest BCUT2D eigenvalue weighted by Crippen LogP contribution is -2.19. The summed E-state index contributed by atoms with van der Waals surface area (Å²) in [5.41, 5.74) is 5.38. The highest BCUT2D eigenvalue weighted by Gasteiger charge is 2.32. The van der Waals surface area contributed by atoms with Crippen molar-refractivity contribution in [2.75, 3.05) is 12.3 Å². The van der Waals surface area contributed by atoms with Crippen LogP contribution < -0.4 is 5.73 Å². The molecular formula is C10H17N3O3S. The molecule has 1 saturated heterocycles. The van der Waals surface area contributed by atoms with Crippen LogP contribution in [0.2, 0.25) is 0 Å². The molecule has 2 N–H and O–H groups in total. The van der Waals surface area contributed by atoms with E-state index in [1.165, 1.54) is 0 Å². The number of aromatic nitrogens is 2. The SMILES string of the molecule is NCCCc1nc(CC2CCCS2(=O)=O)no1. The van der Waals surface area contributed by atoms with Gasteiger partial charge in [-0.1, -0.05) is 5.16 Å². The van der Waals surface area contributed by atoms with Gasteiger partial charge in [-0.25, -0.2) is 8.42 Å². The Balaban J connectivity index is 1.97. The van der Waals surface area contributed by atoms with Crippen molar-refractivity contribution in [2.24, 2.45) is 5.73 Å². The molecule has 1 aliphatic rings. The van der Waals surface area contributed by atoms with Gasteiger partial charge in [0.1, 0.15) is 0 Å². The fraction of sp³-hybridized carbons (Fsp3) is 0.800. The van der Waals surface area contributed by atoms with Gasteiger partial charge in [0.25, 0.3) is 0 Å². The first-order valence-corrected chi connectivity index (χ1v) is 7.56. The summed E-state index contributed by atoms with van der Waals surface area (Å²) in [4.78, 5) is 4.18. The topological polar surface area (TPSA) is 99.1 Å². The summed E-state index contributed by atoms with van der Waals surface area (Å²) in [5.74, 6) is 1.32. The average Bonchev–Trinajstić information content (AvgIpc) is 2.84. The molecule has 1 aromatic rings. The summed E-state index contributed by atoms with van der Waals surface area (Å²) < 4.78 is 28.3. The second-order valence-electron chi connectivity index (χ2n) is 4.33. The van der Waals surface area contributed by atoms with Crippen LogP contribution in [0.3, 0.4) is 0 Å². The lowest BCUT2D eigenvalue weighted by molar-refractivity contribution is 0.370. The molecule has 1 aliphatic heterocycles. The van der Waals surface area contributed by atoms with Gasteiger partial charge in [0, 0.05) is 12.8 Å². The molecule has 0 spiro atoms. The molecule has 1 atom stereocenters. The van der Waals surface area contributed by atoms with Crippen LogP contribution in [0.4, 0.5) is 0 Å². The van der Waals surface area contributed by atoms with Crippen molar-refractivity contribution in [1.29, 1.82) is 0 Å². The maximum Gasteiger partial charge on any atom is 0.226 e. The molecule has 0 saturated carbocycles. The summed E-state index contributed by atoms with van der Waals surface area (Å²) in [6, 6.07) is 0. The van der Waals surface area contributed by atoms with Crippen LogP contribution >= 0.6 is 0 Å². The second-order valence-corrected chi connectivity index (χ2v) is 6.73. The first kappa shape index (κ1) is 12.5. The summed E-state index contributed by atoms with van der Waals surface area (Å²) in [6.07, 6.45) is 3.26. The van der Waals surface area contributed by atoms with Crippen molar-refractivity contribution in [3.8, 4) is 0 Å². The Morgan fingerprint density at radius 3 is 2.94 bits per heavy atom. The lowest BCUT2D eigenvalue weighted by Gasteiger charge is -2.04. The molecule has 0 aliphatic carbocycles. The van der Waals surface area contributed by atoms with Crippen LogP contribution in [0.25, 0.3) is 0 Å². The molecule has 17 heavy (non-hydrogen) atoms. The van der Waals surface area contributed by atoms with Crippen LogP contribution in [-0.2, 0) is 22.7 Å². The Morgan fingerprint density at radius 2 is 2.29 bits per heavy atom. The maximum atomic E-state index is 11.6. The zero-order valence-corrected chi connectivity index (χ0v) is 10.4. The van der Waals surface area contributed by atoms with Crippen LogP contribution in [0.5, 0.6) is 0 Å². The summed E-state index contributed by atoms with van der Waals surface area (Å²) in [7, 11) is -2.93. The quantitative estimate of drug-likeness (QED) is 0.804. The standard InChI is InChI=1S/C10H17N3O3S/c11-5-1-4-10-12-9(13-16-10)7-8-3-2-6-17(8,14)15/h8H,1-7,11H2. The number of hydrogen-bond donors (Lipinski definition) is 1. The predicted molar refractivity (Wildman–Crippen MR) is 62.2 cm³/mol. The lowest BCUT2D eigenvalue weighted by atomic mass is 10.2. The molecule has 0 amide bonds. The van der Waals surface area contributed by atoms with E-state index in [1.54, 1.807) is 0 Å². The van der Waals surface area contributed by atoms with Crippen LogP contribution in [0.15, 0.2) is 4.52 Å². The number of nitrogens with two attached hydrogens (primary N) is 1. The largest absolute Gasteiger partial charge is 0.339 e. The molecule has 2 rings (SSSR count). The van der Waals surface area contributed by atoms with E-state index in [2.05, 4.69) is 10.1 Å². The van der Waals surface area contributed by atoms with E-state index in [0.29, 0.717) is 37.5 Å². The number of aryl methyl sites for hydroxylation is 1. The number of nitrogens with zero attached hydrogens (tertiary/aromatic N) is 2. The Labute approximate surface area is 100 Å². The van der Waals surface area contributed by atoms with Crippen LogP contribution in [0, 0.1) is 0 Å². The van der Waals surface area contributed by atoms with Gasteiger partial charge in [0.05, 0.1) is 11.0 Å². The van der Waals surface area contributed by atoms with Gasteiger partial charge in [-0.05, 0) is 25.8 Å². The molecule has 0 bridgehead atoms. The van der Waals surface area contributed by atoms with Gasteiger partial charge < -0.3 is 10.3 Å². The molecule has 1 unspecified atom stereocenters. The van der Waals surface area contributed by atoms with E-state index in [4.69, 9.17) is 10.3 Å². The van der Waals surface area contributed by atoms with Crippen molar-refractivity contribution in [3.63, 3.8) is 0 Å². The number of hydrogen-bond acceptors (Lipinski definition) is 6. The highest BCUT2D eigenvalue weighted by molar-refractivity contribution is 7.92. The average molecular weight is 259 g/mol. The first-order chi connectivity index (χ1) is 8.12. The maximum absolute atomic E-state index is 11.6. The minimum absolute atomic E-state index is 0.287. The molecular weight excluding hydrogens is 242 g/mol. The minimum Gasteiger partial charge on any atom is -0.339 e.